The van der Waals surface area contributed by atoms with E-state index in [0.717, 1.165) is 5.56 Å². The summed E-state index contributed by atoms with van der Waals surface area (Å²) in [7, 11) is 0. The Morgan fingerprint density at radius 2 is 1.85 bits per heavy atom. The first-order chi connectivity index (χ1) is 9.57. The number of benzene rings is 1. The Bertz CT molecular complexity index is 540. The van der Waals surface area contributed by atoms with Crippen LogP contribution in [-0.4, -0.2) is 27.8 Å². The van der Waals surface area contributed by atoms with Crippen molar-refractivity contribution >= 4 is 11.9 Å². The van der Waals surface area contributed by atoms with Crippen LogP contribution in [0.4, 0.5) is 0 Å². The molecule has 0 aliphatic heterocycles. The molecule has 5 nitrogen and oxygen atoms in total. The minimum absolute atomic E-state index is 0.162. The third-order valence-corrected chi connectivity index (χ3v) is 4.57. The van der Waals surface area contributed by atoms with Crippen molar-refractivity contribution in [1.82, 2.24) is 0 Å². The van der Waals surface area contributed by atoms with Crippen LogP contribution in [0.15, 0.2) is 30.3 Å². The molecule has 2 saturated carbocycles. The van der Waals surface area contributed by atoms with E-state index in [2.05, 4.69) is 0 Å². The molecule has 1 aromatic rings. The van der Waals surface area contributed by atoms with Crippen LogP contribution in [0.5, 0.6) is 0 Å². The summed E-state index contributed by atoms with van der Waals surface area (Å²) in [4.78, 5) is 22.6. The largest absolute Gasteiger partial charge is 0.481 e. The van der Waals surface area contributed by atoms with E-state index in [1.807, 2.05) is 30.3 Å². The lowest BCUT2D eigenvalue weighted by atomic mass is 9.97. The molecule has 0 amide bonds. The van der Waals surface area contributed by atoms with E-state index in [-0.39, 0.29) is 12.5 Å². The van der Waals surface area contributed by atoms with Crippen molar-refractivity contribution in [2.75, 3.05) is 0 Å². The highest BCUT2D eigenvalue weighted by molar-refractivity contribution is 5.82. The third kappa shape index (κ3) is 1.81. The highest BCUT2D eigenvalue weighted by Crippen LogP contribution is 2.66. The first-order valence-electron chi connectivity index (χ1n) is 6.71. The van der Waals surface area contributed by atoms with Gasteiger partial charge in [-0.25, -0.2) is 0 Å². The highest BCUT2D eigenvalue weighted by atomic mass is 16.5. The van der Waals surface area contributed by atoms with Gasteiger partial charge in [-0.15, -0.1) is 0 Å². The van der Waals surface area contributed by atoms with Gasteiger partial charge >= 0.3 is 11.9 Å². The van der Waals surface area contributed by atoms with Gasteiger partial charge in [-0.1, -0.05) is 30.3 Å². The summed E-state index contributed by atoms with van der Waals surface area (Å²) in [6.07, 6.45) is 1.11. The smallest absolute Gasteiger partial charge is 0.309 e. The lowest BCUT2D eigenvalue weighted by Crippen LogP contribution is -2.34. The average Bonchev–Trinajstić information content (AvgIpc) is 2.92. The zero-order valence-corrected chi connectivity index (χ0v) is 10.9. The lowest BCUT2D eigenvalue weighted by Gasteiger charge is -2.22. The molecule has 0 radical (unpaired) electrons. The number of ether oxygens (including phenoxy) is 1. The summed E-state index contributed by atoms with van der Waals surface area (Å²) in [6.45, 7) is 0.255. The normalized spacial score (nSPS) is 34.5. The van der Waals surface area contributed by atoms with E-state index in [0.29, 0.717) is 12.8 Å². The fraction of sp³-hybridized carbons (Fsp3) is 0.467. The Morgan fingerprint density at radius 1 is 1.15 bits per heavy atom. The molecule has 2 aliphatic rings. The Kier molecular flexibility index (Phi) is 3.01. The summed E-state index contributed by atoms with van der Waals surface area (Å²) in [5, 5.41) is 18.5. The molecule has 0 aromatic heterocycles. The van der Waals surface area contributed by atoms with Crippen molar-refractivity contribution in [3.05, 3.63) is 35.9 Å². The van der Waals surface area contributed by atoms with Crippen molar-refractivity contribution in [3.8, 4) is 0 Å². The quantitative estimate of drug-likeness (QED) is 0.856. The lowest BCUT2D eigenvalue weighted by molar-refractivity contribution is -0.153. The molecule has 0 spiro atoms. The molecule has 2 fully saturated rings. The fourth-order valence-electron chi connectivity index (χ4n) is 3.66. The van der Waals surface area contributed by atoms with Gasteiger partial charge in [0, 0.05) is 5.92 Å². The predicted molar refractivity (Wildman–Crippen MR) is 68.9 cm³/mol. The van der Waals surface area contributed by atoms with E-state index in [4.69, 9.17) is 4.74 Å². The molecule has 2 N–H and O–H groups in total. The molecule has 2 aliphatic carbocycles. The van der Waals surface area contributed by atoms with Crippen LogP contribution in [0.3, 0.4) is 0 Å². The number of carboxylic acid groups (broad SMARTS) is 2. The van der Waals surface area contributed by atoms with E-state index >= 15 is 0 Å². The maximum atomic E-state index is 11.4. The topological polar surface area (TPSA) is 83.8 Å². The average molecular weight is 276 g/mol. The standard InChI is InChI=1S/C15H16O5/c16-13(17)11-7-6-10-12(14(18)19)15(10,11)20-8-9-4-2-1-3-5-9/h1-5,10-12H,6-8H2,(H,16,17)(H,18,19). The Morgan fingerprint density at radius 3 is 2.40 bits per heavy atom. The first-order valence-corrected chi connectivity index (χ1v) is 6.71. The first kappa shape index (κ1) is 13.1. The summed E-state index contributed by atoms with van der Waals surface area (Å²) in [5.41, 5.74) is -0.0826. The summed E-state index contributed by atoms with van der Waals surface area (Å²) in [6, 6.07) is 9.40. The minimum atomic E-state index is -1.01. The Labute approximate surface area is 116 Å². The molecule has 0 bridgehead atoms. The van der Waals surface area contributed by atoms with Gasteiger partial charge in [0.25, 0.3) is 0 Å². The van der Waals surface area contributed by atoms with Crippen LogP contribution in [0, 0.1) is 17.8 Å². The number of carbonyl (C=O) groups is 2. The van der Waals surface area contributed by atoms with E-state index in [1.165, 1.54) is 0 Å². The molecule has 0 saturated heterocycles. The van der Waals surface area contributed by atoms with Crippen LogP contribution in [-0.2, 0) is 20.9 Å². The zero-order valence-electron chi connectivity index (χ0n) is 10.9. The number of aliphatic carboxylic acids is 2. The van der Waals surface area contributed by atoms with Crippen molar-refractivity contribution < 1.29 is 24.5 Å². The maximum absolute atomic E-state index is 11.4. The second kappa shape index (κ2) is 4.59. The summed E-state index contributed by atoms with van der Waals surface area (Å²) in [5.74, 6) is -3.46. The molecule has 3 rings (SSSR count). The number of carboxylic acids is 2. The van der Waals surface area contributed by atoms with Crippen molar-refractivity contribution in [1.29, 1.82) is 0 Å². The van der Waals surface area contributed by atoms with Gasteiger partial charge in [-0.3, -0.25) is 9.59 Å². The van der Waals surface area contributed by atoms with Crippen LogP contribution in [0.25, 0.3) is 0 Å². The van der Waals surface area contributed by atoms with Gasteiger partial charge in [-0.05, 0) is 18.4 Å². The molecule has 1 aromatic carbocycles. The molecule has 106 valence electrons. The van der Waals surface area contributed by atoms with Crippen molar-refractivity contribution in [2.45, 2.75) is 25.0 Å². The number of hydrogen-bond acceptors (Lipinski definition) is 3. The second-order valence-corrected chi connectivity index (χ2v) is 5.52. The number of fused-ring (bicyclic) bond motifs is 1. The highest BCUT2D eigenvalue weighted by Gasteiger charge is 2.77. The number of hydrogen-bond donors (Lipinski definition) is 2. The Balaban J connectivity index is 1.80. The molecule has 4 unspecified atom stereocenters. The van der Waals surface area contributed by atoms with Gasteiger partial charge in [0.15, 0.2) is 0 Å². The summed E-state index contributed by atoms with van der Waals surface area (Å²) < 4.78 is 5.84. The predicted octanol–water partition coefficient (Wildman–Crippen LogP) is 1.77. The fourth-order valence-corrected chi connectivity index (χ4v) is 3.66. The van der Waals surface area contributed by atoms with Gasteiger partial charge in [-0.2, -0.15) is 0 Å². The van der Waals surface area contributed by atoms with Gasteiger partial charge in [0.05, 0.1) is 24.0 Å². The molecule has 0 heterocycles. The van der Waals surface area contributed by atoms with Gasteiger partial charge in [0.1, 0.15) is 0 Å². The summed E-state index contributed by atoms with van der Waals surface area (Å²) >= 11 is 0. The molecule has 20 heavy (non-hydrogen) atoms. The molecule has 4 atom stereocenters. The van der Waals surface area contributed by atoms with Crippen LogP contribution < -0.4 is 0 Å². The van der Waals surface area contributed by atoms with Crippen LogP contribution in [0.2, 0.25) is 0 Å². The van der Waals surface area contributed by atoms with Crippen LogP contribution in [0.1, 0.15) is 18.4 Å². The van der Waals surface area contributed by atoms with Crippen molar-refractivity contribution in [3.63, 3.8) is 0 Å². The van der Waals surface area contributed by atoms with Gasteiger partial charge < -0.3 is 14.9 Å². The van der Waals surface area contributed by atoms with Crippen LogP contribution >= 0.6 is 0 Å². The number of rotatable bonds is 5. The maximum Gasteiger partial charge on any atom is 0.309 e. The minimum Gasteiger partial charge on any atom is -0.481 e. The molecular weight excluding hydrogens is 260 g/mol. The molecule has 5 heteroatoms. The third-order valence-electron chi connectivity index (χ3n) is 4.57. The monoisotopic (exact) mass is 276 g/mol. The SMILES string of the molecule is O=C(O)C1CCC2C(C(=O)O)C12OCc1ccccc1. The van der Waals surface area contributed by atoms with E-state index in [9.17, 15) is 19.8 Å². The van der Waals surface area contributed by atoms with Crippen molar-refractivity contribution in [2.24, 2.45) is 17.8 Å². The van der Waals surface area contributed by atoms with Gasteiger partial charge in [0.2, 0.25) is 0 Å². The van der Waals surface area contributed by atoms with E-state index in [1.54, 1.807) is 0 Å². The Hall–Kier alpha value is -1.88. The second-order valence-electron chi connectivity index (χ2n) is 5.52. The zero-order chi connectivity index (χ0) is 14.3. The van der Waals surface area contributed by atoms with E-state index < -0.39 is 29.4 Å². The molecular formula is C15H16O5.